The van der Waals surface area contributed by atoms with Gasteiger partial charge in [0.1, 0.15) is 0 Å². The van der Waals surface area contributed by atoms with E-state index in [2.05, 4.69) is 0 Å². The van der Waals surface area contributed by atoms with Crippen LogP contribution in [0.2, 0.25) is 15.1 Å². The van der Waals surface area contributed by atoms with Crippen molar-refractivity contribution in [1.82, 2.24) is 0 Å². The minimum atomic E-state index is -1.63. The summed E-state index contributed by atoms with van der Waals surface area (Å²) in [7, 11) is 0. The molecule has 0 heterocycles. The van der Waals surface area contributed by atoms with Crippen LogP contribution in [0.1, 0.15) is 11.1 Å². The third-order valence-electron chi connectivity index (χ3n) is 1.69. The highest BCUT2D eigenvalue weighted by molar-refractivity contribution is 6.67. The van der Waals surface area contributed by atoms with Gasteiger partial charge in [-0.05, 0) is 18.6 Å². The average molecular weight is 313 g/mol. The van der Waals surface area contributed by atoms with E-state index in [1.165, 1.54) is 6.07 Å². The van der Waals surface area contributed by atoms with Crippen molar-refractivity contribution in [2.75, 3.05) is 0 Å². The smallest absolute Gasteiger partial charge is 0.0840 e. The van der Waals surface area contributed by atoms with E-state index >= 15 is 0 Å². The first kappa shape index (κ1) is 13.0. The fourth-order valence-corrected chi connectivity index (χ4v) is 2.28. The van der Waals surface area contributed by atoms with E-state index in [0.29, 0.717) is 15.6 Å². The molecule has 0 N–H and O–H groups in total. The number of rotatable bonds is 0. The summed E-state index contributed by atoms with van der Waals surface area (Å²) in [5, 5.41) is 0.940. The van der Waals surface area contributed by atoms with E-state index in [0.717, 1.165) is 0 Å². The van der Waals surface area contributed by atoms with E-state index in [1.54, 1.807) is 6.92 Å². The van der Waals surface area contributed by atoms with Gasteiger partial charge in [-0.3, -0.25) is 0 Å². The van der Waals surface area contributed by atoms with Crippen LogP contribution in [0.15, 0.2) is 6.07 Å². The normalized spacial score (nSPS) is 11.9. The quantitative estimate of drug-likeness (QED) is 0.420. The molecule has 14 heavy (non-hydrogen) atoms. The SMILES string of the molecule is Cc1c(Cl)cc(C(Cl)(Cl)Cl)c(Cl)c1Cl. The number of alkyl halides is 3. The first-order chi connectivity index (χ1) is 6.25. The van der Waals surface area contributed by atoms with Crippen LogP contribution in [-0.4, -0.2) is 0 Å². The molecule has 0 aliphatic rings. The Labute approximate surface area is 112 Å². The van der Waals surface area contributed by atoms with Crippen molar-refractivity contribution in [3.8, 4) is 0 Å². The molecule has 0 saturated heterocycles. The Kier molecular flexibility index (Phi) is 4.14. The third kappa shape index (κ3) is 2.55. The maximum absolute atomic E-state index is 5.91. The van der Waals surface area contributed by atoms with Gasteiger partial charge in [-0.25, -0.2) is 0 Å². The summed E-state index contributed by atoms with van der Waals surface area (Å²) in [5.41, 5.74) is 0.945. The molecular weight excluding hydrogens is 309 g/mol. The molecule has 1 rings (SSSR count). The third-order valence-corrected chi connectivity index (χ3v) is 3.66. The molecule has 0 nitrogen and oxygen atoms in total. The van der Waals surface area contributed by atoms with Crippen LogP contribution in [-0.2, 0) is 3.79 Å². The standard InChI is InChI=1S/C8H4Cl6/c1-3-5(9)2-4(8(12,13)14)7(11)6(3)10/h2H,1H3. The zero-order valence-electron chi connectivity index (χ0n) is 6.85. The van der Waals surface area contributed by atoms with Crippen LogP contribution in [0.4, 0.5) is 0 Å². The van der Waals surface area contributed by atoms with Gasteiger partial charge in [0.25, 0.3) is 0 Å². The molecule has 0 radical (unpaired) electrons. The van der Waals surface area contributed by atoms with Gasteiger partial charge in [0, 0.05) is 10.6 Å². The molecule has 0 aromatic heterocycles. The lowest BCUT2D eigenvalue weighted by atomic mass is 10.1. The summed E-state index contributed by atoms with van der Waals surface area (Å²) in [6.45, 7) is 1.73. The summed E-state index contributed by atoms with van der Waals surface area (Å²) in [5.74, 6) is 0. The molecule has 1 aromatic rings. The Balaban J connectivity index is 3.49. The van der Waals surface area contributed by atoms with Crippen LogP contribution >= 0.6 is 69.6 Å². The fourth-order valence-electron chi connectivity index (χ4n) is 0.892. The van der Waals surface area contributed by atoms with Gasteiger partial charge < -0.3 is 0 Å². The molecule has 0 atom stereocenters. The Hall–Kier alpha value is 0.960. The number of halogens is 6. The summed E-state index contributed by atoms with van der Waals surface area (Å²) in [6, 6.07) is 1.50. The van der Waals surface area contributed by atoms with Crippen LogP contribution in [0.3, 0.4) is 0 Å². The van der Waals surface area contributed by atoms with Crippen LogP contribution < -0.4 is 0 Å². The van der Waals surface area contributed by atoms with E-state index < -0.39 is 3.79 Å². The molecule has 6 heteroatoms. The maximum Gasteiger partial charge on any atom is 0.217 e. The average Bonchev–Trinajstić information content (AvgIpc) is 2.06. The van der Waals surface area contributed by atoms with Crippen molar-refractivity contribution in [3.63, 3.8) is 0 Å². The second kappa shape index (κ2) is 4.45. The maximum atomic E-state index is 5.91. The van der Waals surface area contributed by atoms with Crippen molar-refractivity contribution < 1.29 is 0 Å². The van der Waals surface area contributed by atoms with Crippen molar-refractivity contribution in [1.29, 1.82) is 0 Å². The second-order valence-corrected chi connectivity index (χ2v) is 6.10. The monoisotopic (exact) mass is 310 g/mol. The highest BCUT2D eigenvalue weighted by Crippen LogP contribution is 2.46. The summed E-state index contributed by atoms with van der Waals surface area (Å²) >= 11 is 34.8. The van der Waals surface area contributed by atoms with Gasteiger partial charge >= 0.3 is 0 Å². The molecule has 78 valence electrons. The first-order valence-electron chi connectivity index (χ1n) is 3.46. The lowest BCUT2D eigenvalue weighted by Gasteiger charge is -2.16. The molecule has 0 bridgehead atoms. The van der Waals surface area contributed by atoms with Gasteiger partial charge in [0.2, 0.25) is 3.79 Å². The summed E-state index contributed by atoms with van der Waals surface area (Å²) in [4.78, 5) is 0. The Bertz CT molecular complexity index is 365. The van der Waals surface area contributed by atoms with Crippen LogP contribution in [0.5, 0.6) is 0 Å². The highest BCUT2D eigenvalue weighted by atomic mass is 35.6. The Morgan fingerprint density at radius 2 is 1.50 bits per heavy atom. The lowest BCUT2D eigenvalue weighted by molar-refractivity contribution is 1.23. The van der Waals surface area contributed by atoms with Crippen molar-refractivity contribution >= 4 is 69.6 Å². The van der Waals surface area contributed by atoms with E-state index in [9.17, 15) is 0 Å². The summed E-state index contributed by atoms with van der Waals surface area (Å²) in [6.07, 6.45) is 0. The first-order valence-corrected chi connectivity index (χ1v) is 5.73. The molecule has 0 spiro atoms. The minimum Gasteiger partial charge on any atom is -0.0840 e. The van der Waals surface area contributed by atoms with Gasteiger partial charge in [-0.1, -0.05) is 69.6 Å². The summed E-state index contributed by atoms with van der Waals surface area (Å²) < 4.78 is -1.63. The van der Waals surface area contributed by atoms with E-state index in [-0.39, 0.29) is 10.6 Å². The van der Waals surface area contributed by atoms with E-state index in [1.807, 2.05) is 0 Å². The minimum absolute atomic E-state index is 0.216. The topological polar surface area (TPSA) is 0 Å². The number of benzene rings is 1. The Morgan fingerprint density at radius 3 is 1.93 bits per heavy atom. The molecule has 0 aliphatic heterocycles. The number of hydrogen-bond acceptors (Lipinski definition) is 0. The van der Waals surface area contributed by atoms with Crippen LogP contribution in [0, 0.1) is 6.92 Å². The molecule has 1 aromatic carbocycles. The zero-order valence-corrected chi connectivity index (χ0v) is 11.4. The molecule has 0 aliphatic carbocycles. The van der Waals surface area contributed by atoms with Crippen molar-refractivity contribution in [3.05, 3.63) is 32.3 Å². The van der Waals surface area contributed by atoms with Gasteiger partial charge in [-0.15, -0.1) is 0 Å². The largest absolute Gasteiger partial charge is 0.217 e. The molecule has 0 saturated carbocycles. The van der Waals surface area contributed by atoms with Gasteiger partial charge in [0.15, 0.2) is 0 Å². The van der Waals surface area contributed by atoms with Crippen LogP contribution in [0.25, 0.3) is 0 Å². The predicted molar refractivity (Wildman–Crippen MR) is 65.4 cm³/mol. The molecular formula is C8H4Cl6. The lowest BCUT2D eigenvalue weighted by Crippen LogP contribution is -2.02. The molecule has 0 amide bonds. The van der Waals surface area contributed by atoms with Gasteiger partial charge in [-0.2, -0.15) is 0 Å². The Morgan fingerprint density at radius 1 is 1.00 bits per heavy atom. The highest BCUT2D eigenvalue weighted by Gasteiger charge is 2.28. The molecule has 0 fully saturated rings. The zero-order chi connectivity index (χ0) is 11.1. The number of hydrogen-bond donors (Lipinski definition) is 0. The van der Waals surface area contributed by atoms with E-state index in [4.69, 9.17) is 69.6 Å². The van der Waals surface area contributed by atoms with Crippen molar-refractivity contribution in [2.24, 2.45) is 0 Å². The fraction of sp³-hybridized carbons (Fsp3) is 0.250. The van der Waals surface area contributed by atoms with Gasteiger partial charge in [0.05, 0.1) is 10.0 Å². The van der Waals surface area contributed by atoms with Crippen molar-refractivity contribution in [2.45, 2.75) is 10.7 Å². The second-order valence-electron chi connectivity index (χ2n) is 2.66. The predicted octanol–water partition coefficient (Wildman–Crippen LogP) is 5.78. The molecule has 0 unspecified atom stereocenters.